The Morgan fingerprint density at radius 1 is 1.28 bits per heavy atom. The van der Waals surface area contributed by atoms with Gasteiger partial charge in [-0.3, -0.25) is 4.79 Å². The van der Waals surface area contributed by atoms with Gasteiger partial charge in [0.2, 0.25) is 18.2 Å². The molecule has 0 spiro atoms. The first kappa shape index (κ1) is 22.1. The Morgan fingerprint density at radius 3 is 2.81 bits per heavy atom. The van der Waals surface area contributed by atoms with Gasteiger partial charge in [-0.05, 0) is 25.1 Å². The molecule has 0 radical (unpaired) electrons. The predicted molar refractivity (Wildman–Crippen MR) is 119 cm³/mol. The Hall–Kier alpha value is -3.08. The fraction of sp³-hybridized carbons (Fsp3) is 0.455. The molecule has 2 N–H and O–H groups in total. The first-order chi connectivity index (χ1) is 15.5. The third kappa shape index (κ3) is 4.57. The summed E-state index contributed by atoms with van der Waals surface area (Å²) in [6.07, 6.45) is 4.68. The number of rotatable bonds is 8. The average Bonchev–Trinajstić information content (AvgIpc) is 3.13. The first-order valence-corrected chi connectivity index (χ1v) is 10.6. The van der Waals surface area contributed by atoms with Gasteiger partial charge in [-0.1, -0.05) is 0 Å². The van der Waals surface area contributed by atoms with Gasteiger partial charge < -0.3 is 34.1 Å². The third-order valence-corrected chi connectivity index (χ3v) is 5.54. The van der Waals surface area contributed by atoms with Crippen molar-refractivity contribution in [2.45, 2.75) is 13.3 Å². The number of hydrogen-bond acceptors (Lipinski definition) is 8. The smallest absolute Gasteiger partial charge is 0.241 e. The fourth-order valence-corrected chi connectivity index (χ4v) is 3.80. The summed E-state index contributed by atoms with van der Waals surface area (Å²) in [4.78, 5) is 20.8. The molecule has 1 unspecified atom stereocenters. The summed E-state index contributed by atoms with van der Waals surface area (Å²) in [5.41, 5.74) is 2.47. The summed E-state index contributed by atoms with van der Waals surface area (Å²) >= 11 is 0. The molecule has 1 saturated heterocycles. The zero-order chi connectivity index (χ0) is 22.7. The minimum absolute atomic E-state index is 0.0908. The van der Waals surface area contributed by atoms with E-state index < -0.39 is 6.41 Å². The van der Waals surface area contributed by atoms with Crippen LogP contribution in [0.25, 0.3) is 11.0 Å². The molecule has 4 rings (SSSR count). The molecular weight excluding hydrogens is 414 g/mol. The summed E-state index contributed by atoms with van der Waals surface area (Å²) in [5.74, 6) is 1.28. The van der Waals surface area contributed by atoms with Crippen molar-refractivity contribution >= 4 is 22.6 Å². The lowest BCUT2D eigenvalue weighted by molar-refractivity contribution is -0.193. The van der Waals surface area contributed by atoms with E-state index in [1.165, 1.54) is 0 Å². The number of nitrogens with zero attached hydrogens (tertiary/aromatic N) is 4. The molecule has 1 atom stereocenters. The van der Waals surface area contributed by atoms with Crippen molar-refractivity contribution in [1.82, 2.24) is 19.8 Å². The van der Waals surface area contributed by atoms with Crippen LogP contribution < -0.4 is 15.0 Å². The number of dihydropyridines is 1. The molecule has 4 heterocycles. The standard InChI is InChI=1S/C22H29N5O5/c1-4-31-22(29)26-9-10-27(20(28)13-26)18-12-25(2)21-17(18)7-8-19(24-21)32-14-15-5-6-16(30-3)11-23-15/h5-8,12,22-23,29H,4,9-11,13-14H2,1-3H3. The number of amides is 1. The summed E-state index contributed by atoms with van der Waals surface area (Å²) in [6.45, 7) is 4.24. The summed E-state index contributed by atoms with van der Waals surface area (Å²) in [5, 5.41) is 14.1. The van der Waals surface area contributed by atoms with E-state index in [-0.39, 0.29) is 12.5 Å². The number of fused-ring (bicyclic) bond motifs is 1. The molecule has 1 amide bonds. The number of aromatic nitrogens is 2. The second-order valence-corrected chi connectivity index (χ2v) is 7.61. The SMILES string of the molecule is CCOC(O)N1CCN(c2cn(C)c3nc(OCC4=CC=C(OC)CN4)ccc23)C(=O)C1. The zero-order valence-electron chi connectivity index (χ0n) is 18.6. The number of hydrogen-bond donors (Lipinski definition) is 2. The topological polar surface area (TPSA) is 101 Å². The highest BCUT2D eigenvalue weighted by Gasteiger charge is 2.30. The zero-order valence-corrected chi connectivity index (χ0v) is 18.6. The van der Waals surface area contributed by atoms with Gasteiger partial charge in [0.25, 0.3) is 0 Å². The van der Waals surface area contributed by atoms with Crippen molar-refractivity contribution in [3.63, 3.8) is 0 Å². The number of allylic oxidation sites excluding steroid dienone is 2. The maximum atomic E-state index is 12.8. The van der Waals surface area contributed by atoms with E-state index in [2.05, 4.69) is 10.3 Å². The van der Waals surface area contributed by atoms with Crippen LogP contribution in [0.15, 0.2) is 41.9 Å². The van der Waals surface area contributed by atoms with Crippen LogP contribution in [-0.4, -0.2) is 78.4 Å². The van der Waals surface area contributed by atoms with Gasteiger partial charge in [-0.25, -0.2) is 4.90 Å². The van der Waals surface area contributed by atoms with Crippen molar-refractivity contribution in [2.75, 3.05) is 51.4 Å². The molecule has 0 aliphatic carbocycles. The number of aliphatic hydroxyl groups excluding tert-OH is 1. The van der Waals surface area contributed by atoms with E-state index in [0.717, 1.165) is 28.2 Å². The molecular formula is C22H29N5O5. The second kappa shape index (κ2) is 9.60. The molecule has 2 aliphatic heterocycles. The summed E-state index contributed by atoms with van der Waals surface area (Å²) < 4.78 is 18.2. The lowest BCUT2D eigenvalue weighted by atomic mass is 10.2. The number of methoxy groups -OCH3 is 1. The molecule has 172 valence electrons. The average molecular weight is 444 g/mol. The highest BCUT2D eigenvalue weighted by Crippen LogP contribution is 2.30. The summed E-state index contributed by atoms with van der Waals surface area (Å²) in [7, 11) is 3.54. The molecule has 10 nitrogen and oxygen atoms in total. The Kier molecular flexibility index (Phi) is 6.63. The lowest BCUT2D eigenvalue weighted by Crippen LogP contribution is -2.54. The van der Waals surface area contributed by atoms with Gasteiger partial charge in [0.1, 0.15) is 18.0 Å². The molecule has 10 heteroatoms. The molecule has 1 fully saturated rings. The van der Waals surface area contributed by atoms with Gasteiger partial charge in [0.15, 0.2) is 0 Å². The quantitative estimate of drug-likeness (QED) is 0.581. The van der Waals surface area contributed by atoms with Gasteiger partial charge in [0, 0.05) is 50.1 Å². The predicted octanol–water partition coefficient (Wildman–Crippen LogP) is 0.930. The van der Waals surface area contributed by atoms with E-state index in [1.807, 2.05) is 42.1 Å². The molecule has 2 aromatic rings. The van der Waals surface area contributed by atoms with Gasteiger partial charge in [-0.15, -0.1) is 0 Å². The maximum Gasteiger partial charge on any atom is 0.241 e. The Labute approximate surface area is 186 Å². The van der Waals surface area contributed by atoms with Crippen LogP contribution in [0.3, 0.4) is 0 Å². The van der Waals surface area contributed by atoms with Crippen molar-refractivity contribution in [1.29, 1.82) is 0 Å². The van der Waals surface area contributed by atoms with Crippen LogP contribution in [0.1, 0.15) is 6.92 Å². The third-order valence-electron chi connectivity index (χ3n) is 5.54. The van der Waals surface area contributed by atoms with E-state index in [9.17, 15) is 9.90 Å². The minimum atomic E-state index is -1.06. The van der Waals surface area contributed by atoms with Crippen molar-refractivity contribution in [2.24, 2.45) is 7.05 Å². The largest absolute Gasteiger partial charge is 0.499 e. The monoisotopic (exact) mass is 443 g/mol. The highest BCUT2D eigenvalue weighted by molar-refractivity contribution is 6.03. The van der Waals surface area contributed by atoms with Crippen LogP contribution in [0.4, 0.5) is 5.69 Å². The molecule has 2 aromatic heterocycles. The number of piperazine rings is 1. The van der Waals surface area contributed by atoms with E-state index >= 15 is 0 Å². The molecule has 0 bridgehead atoms. The van der Waals surface area contributed by atoms with Crippen molar-refractivity contribution < 1.29 is 24.1 Å². The van der Waals surface area contributed by atoms with E-state index in [0.29, 0.717) is 38.7 Å². The van der Waals surface area contributed by atoms with Gasteiger partial charge in [-0.2, -0.15) is 4.98 Å². The van der Waals surface area contributed by atoms with Crippen molar-refractivity contribution in [3.05, 3.63) is 41.9 Å². The molecule has 0 saturated carbocycles. The number of pyridine rings is 1. The van der Waals surface area contributed by atoms with Crippen molar-refractivity contribution in [3.8, 4) is 5.88 Å². The molecule has 32 heavy (non-hydrogen) atoms. The Balaban J connectivity index is 1.47. The number of anilines is 1. The van der Waals surface area contributed by atoms with Gasteiger partial charge in [0.05, 0.1) is 25.9 Å². The fourth-order valence-electron chi connectivity index (χ4n) is 3.80. The first-order valence-electron chi connectivity index (χ1n) is 10.6. The Bertz CT molecular complexity index is 1050. The van der Waals surface area contributed by atoms with Crippen LogP contribution in [-0.2, 0) is 21.3 Å². The normalized spacial score (nSPS) is 18.2. The number of carbonyl (C=O) groups excluding carboxylic acids is 1. The van der Waals surface area contributed by atoms with E-state index in [4.69, 9.17) is 14.2 Å². The number of carbonyl (C=O) groups is 1. The minimum Gasteiger partial charge on any atom is -0.499 e. The van der Waals surface area contributed by atoms with Crippen LogP contribution in [0.5, 0.6) is 5.88 Å². The molecule has 2 aliphatic rings. The van der Waals surface area contributed by atoms with Crippen LogP contribution >= 0.6 is 0 Å². The second-order valence-electron chi connectivity index (χ2n) is 7.61. The number of nitrogens with one attached hydrogen (secondary N) is 1. The van der Waals surface area contributed by atoms with Gasteiger partial charge >= 0.3 is 0 Å². The Morgan fingerprint density at radius 2 is 2.12 bits per heavy atom. The van der Waals surface area contributed by atoms with Crippen LogP contribution in [0.2, 0.25) is 0 Å². The number of aryl methyl sites for hydroxylation is 1. The highest BCUT2D eigenvalue weighted by atomic mass is 16.6. The maximum absolute atomic E-state index is 12.8. The number of ether oxygens (including phenoxy) is 3. The van der Waals surface area contributed by atoms with Crippen LogP contribution in [0, 0.1) is 0 Å². The molecule has 0 aromatic carbocycles. The van der Waals surface area contributed by atoms with E-state index in [1.54, 1.807) is 23.8 Å². The lowest BCUT2D eigenvalue weighted by Gasteiger charge is -2.35. The summed E-state index contributed by atoms with van der Waals surface area (Å²) in [6, 6.07) is 3.73. The number of aliphatic hydroxyl groups is 1.